The Morgan fingerprint density at radius 2 is 1.90 bits per heavy atom. The fourth-order valence-corrected chi connectivity index (χ4v) is 4.41. The number of rotatable bonds is 6. The molecule has 4 aromatic rings. The van der Waals surface area contributed by atoms with Gasteiger partial charge in [0.2, 0.25) is 0 Å². The van der Waals surface area contributed by atoms with Gasteiger partial charge in [0, 0.05) is 6.20 Å². The summed E-state index contributed by atoms with van der Waals surface area (Å²) in [4.78, 5) is 0.0526. The van der Waals surface area contributed by atoms with Gasteiger partial charge in [0.15, 0.2) is 5.65 Å². The Kier molecular flexibility index (Phi) is 4.85. The summed E-state index contributed by atoms with van der Waals surface area (Å²) in [6.45, 7) is 3.76. The molecule has 0 saturated heterocycles. The fraction of sp³-hybridized carbons (Fsp3) is 0.0476. The van der Waals surface area contributed by atoms with Crippen molar-refractivity contribution < 1.29 is 12.8 Å². The maximum atomic E-state index is 13.9. The number of benzene rings is 2. The van der Waals surface area contributed by atoms with Crippen molar-refractivity contribution >= 4 is 27.4 Å². The van der Waals surface area contributed by atoms with Crippen molar-refractivity contribution in [1.29, 1.82) is 0 Å². The van der Waals surface area contributed by atoms with Gasteiger partial charge in [-0.1, -0.05) is 43.0 Å². The molecule has 0 atom stereocenters. The zero-order valence-electron chi connectivity index (χ0n) is 15.3. The topological polar surface area (TPSA) is 67.6 Å². The summed E-state index contributed by atoms with van der Waals surface area (Å²) in [6.07, 6.45) is 4.58. The third kappa shape index (κ3) is 3.74. The lowest BCUT2D eigenvalue weighted by molar-refractivity contribution is 0.589. The molecule has 0 aliphatic carbocycles. The molecule has 6 nitrogen and oxygen atoms in total. The van der Waals surface area contributed by atoms with Crippen LogP contribution < -0.4 is 4.31 Å². The summed E-state index contributed by atoms with van der Waals surface area (Å²) >= 11 is 0. The van der Waals surface area contributed by atoms with E-state index < -0.39 is 15.8 Å². The van der Waals surface area contributed by atoms with E-state index in [2.05, 4.69) is 16.8 Å². The van der Waals surface area contributed by atoms with E-state index >= 15 is 0 Å². The van der Waals surface area contributed by atoms with Crippen LogP contribution in [0, 0.1) is 5.82 Å². The molecule has 0 bridgehead atoms. The minimum Gasteiger partial charge on any atom is -0.288 e. The molecule has 29 heavy (non-hydrogen) atoms. The van der Waals surface area contributed by atoms with Gasteiger partial charge in [-0.15, -0.1) is 10.2 Å². The summed E-state index contributed by atoms with van der Waals surface area (Å²) in [5.74, 6) is -0.515. The highest BCUT2D eigenvalue weighted by Crippen LogP contribution is 2.27. The number of aromatic nitrogens is 3. The van der Waals surface area contributed by atoms with Crippen LogP contribution in [0.2, 0.25) is 0 Å². The standard InChI is InChI=1S/C21H17FN4O2S/c1-2-16-6-8-17(9-7-16)13-26(19-5-3-4-18(22)12-19)29(27,28)20-10-11-21-24-23-15-25(21)14-20/h2-12,14-15H,1,13H2. The first-order valence-corrected chi connectivity index (χ1v) is 10.2. The van der Waals surface area contributed by atoms with Crippen LogP contribution in [0.1, 0.15) is 11.1 Å². The summed E-state index contributed by atoms with van der Waals surface area (Å²) in [5, 5.41) is 7.66. The van der Waals surface area contributed by atoms with E-state index in [1.807, 2.05) is 24.3 Å². The summed E-state index contributed by atoms with van der Waals surface area (Å²) in [6, 6.07) is 15.9. The van der Waals surface area contributed by atoms with Crippen molar-refractivity contribution in [3.8, 4) is 0 Å². The number of fused-ring (bicyclic) bond motifs is 1. The Bertz CT molecular complexity index is 1280. The monoisotopic (exact) mass is 408 g/mol. The highest BCUT2D eigenvalue weighted by Gasteiger charge is 2.26. The van der Waals surface area contributed by atoms with E-state index in [9.17, 15) is 12.8 Å². The molecule has 2 aromatic carbocycles. The third-order valence-corrected chi connectivity index (χ3v) is 6.25. The van der Waals surface area contributed by atoms with Gasteiger partial charge in [-0.25, -0.2) is 12.8 Å². The van der Waals surface area contributed by atoms with Crippen LogP contribution >= 0.6 is 0 Å². The van der Waals surface area contributed by atoms with Crippen molar-refractivity contribution in [2.45, 2.75) is 11.4 Å². The molecule has 0 spiro atoms. The van der Waals surface area contributed by atoms with Crippen molar-refractivity contribution in [3.05, 3.63) is 96.7 Å². The molecule has 0 aliphatic heterocycles. The SMILES string of the molecule is C=Cc1ccc(CN(c2cccc(F)c2)S(=O)(=O)c2ccc3nncn3c2)cc1. The summed E-state index contributed by atoms with van der Waals surface area (Å²) < 4.78 is 43.5. The van der Waals surface area contributed by atoms with Gasteiger partial charge in [-0.2, -0.15) is 0 Å². The Morgan fingerprint density at radius 1 is 1.10 bits per heavy atom. The number of hydrogen-bond donors (Lipinski definition) is 0. The predicted molar refractivity (Wildman–Crippen MR) is 109 cm³/mol. The van der Waals surface area contributed by atoms with E-state index in [0.717, 1.165) is 11.1 Å². The molecule has 0 unspecified atom stereocenters. The highest BCUT2D eigenvalue weighted by molar-refractivity contribution is 7.92. The van der Waals surface area contributed by atoms with Crippen molar-refractivity contribution in [2.75, 3.05) is 4.31 Å². The molecule has 0 radical (unpaired) electrons. The van der Waals surface area contributed by atoms with Gasteiger partial charge in [0.25, 0.3) is 10.0 Å². The number of anilines is 1. The minimum atomic E-state index is -3.98. The third-order valence-electron chi connectivity index (χ3n) is 4.49. The fourth-order valence-electron chi connectivity index (χ4n) is 2.96. The van der Waals surface area contributed by atoms with Crippen LogP contribution in [0.15, 0.2) is 84.7 Å². The van der Waals surface area contributed by atoms with E-state index in [4.69, 9.17) is 0 Å². The number of pyridine rings is 1. The normalized spacial score (nSPS) is 11.5. The van der Waals surface area contributed by atoms with Crippen molar-refractivity contribution in [2.24, 2.45) is 0 Å². The average Bonchev–Trinajstić information content (AvgIpc) is 3.20. The molecule has 0 saturated carbocycles. The second-order valence-electron chi connectivity index (χ2n) is 6.40. The number of sulfonamides is 1. The predicted octanol–water partition coefficient (Wildman–Crippen LogP) is 3.91. The number of nitrogens with zero attached hydrogens (tertiary/aromatic N) is 4. The zero-order valence-corrected chi connectivity index (χ0v) is 16.1. The molecule has 0 amide bonds. The quantitative estimate of drug-likeness (QED) is 0.485. The van der Waals surface area contributed by atoms with Crippen LogP contribution in [0.5, 0.6) is 0 Å². The lowest BCUT2D eigenvalue weighted by atomic mass is 10.1. The zero-order chi connectivity index (χ0) is 20.4. The largest absolute Gasteiger partial charge is 0.288 e. The van der Waals surface area contributed by atoms with Crippen LogP contribution in [0.4, 0.5) is 10.1 Å². The van der Waals surface area contributed by atoms with E-state index in [0.29, 0.717) is 5.65 Å². The minimum absolute atomic E-state index is 0.0451. The van der Waals surface area contributed by atoms with E-state index in [-0.39, 0.29) is 17.1 Å². The van der Waals surface area contributed by atoms with Crippen LogP contribution in [-0.4, -0.2) is 23.0 Å². The molecule has 0 N–H and O–H groups in total. The van der Waals surface area contributed by atoms with Gasteiger partial charge in [-0.05, 0) is 41.5 Å². The van der Waals surface area contributed by atoms with Gasteiger partial charge in [0.1, 0.15) is 17.0 Å². The Balaban J connectivity index is 1.80. The van der Waals surface area contributed by atoms with Crippen LogP contribution in [0.3, 0.4) is 0 Å². The molecular weight excluding hydrogens is 391 g/mol. The maximum Gasteiger partial charge on any atom is 0.266 e. The van der Waals surface area contributed by atoms with Crippen LogP contribution in [-0.2, 0) is 16.6 Å². The first-order chi connectivity index (χ1) is 14.0. The Hall–Kier alpha value is -3.52. The molecular formula is C21H17FN4O2S. The van der Waals surface area contributed by atoms with Gasteiger partial charge in [0.05, 0.1) is 12.2 Å². The van der Waals surface area contributed by atoms with Crippen molar-refractivity contribution in [1.82, 2.24) is 14.6 Å². The Morgan fingerprint density at radius 3 is 2.62 bits per heavy atom. The molecule has 2 aromatic heterocycles. The van der Waals surface area contributed by atoms with Crippen molar-refractivity contribution in [3.63, 3.8) is 0 Å². The summed E-state index contributed by atoms with van der Waals surface area (Å²) in [7, 11) is -3.98. The van der Waals surface area contributed by atoms with Crippen LogP contribution in [0.25, 0.3) is 11.7 Å². The highest BCUT2D eigenvalue weighted by atomic mass is 32.2. The lowest BCUT2D eigenvalue weighted by Gasteiger charge is -2.25. The lowest BCUT2D eigenvalue weighted by Crippen LogP contribution is -2.30. The van der Waals surface area contributed by atoms with E-state index in [1.54, 1.807) is 18.2 Å². The second-order valence-corrected chi connectivity index (χ2v) is 8.26. The number of halogens is 1. The van der Waals surface area contributed by atoms with Gasteiger partial charge >= 0.3 is 0 Å². The van der Waals surface area contributed by atoms with E-state index in [1.165, 1.54) is 45.5 Å². The average molecular weight is 408 g/mol. The summed E-state index contributed by atoms with van der Waals surface area (Å²) in [5.41, 5.74) is 2.45. The molecule has 2 heterocycles. The molecule has 4 rings (SSSR count). The maximum absolute atomic E-state index is 13.9. The van der Waals surface area contributed by atoms with Gasteiger partial charge in [-0.3, -0.25) is 8.71 Å². The second kappa shape index (κ2) is 7.48. The van der Waals surface area contributed by atoms with Gasteiger partial charge < -0.3 is 0 Å². The first kappa shape index (κ1) is 18.8. The first-order valence-electron chi connectivity index (χ1n) is 8.76. The molecule has 0 aliphatic rings. The molecule has 8 heteroatoms. The smallest absolute Gasteiger partial charge is 0.266 e. The molecule has 146 valence electrons. The Labute approximate surface area is 167 Å². The number of hydrogen-bond acceptors (Lipinski definition) is 4. The molecule has 0 fully saturated rings.